The van der Waals surface area contributed by atoms with E-state index in [1.165, 1.54) is 18.2 Å². The number of hydrogen-bond acceptors (Lipinski definition) is 7. The molecule has 1 N–H and O–H groups in total. The van der Waals surface area contributed by atoms with E-state index in [0.717, 1.165) is 16.7 Å². The Hall–Kier alpha value is -3.30. The first kappa shape index (κ1) is 24.3. The van der Waals surface area contributed by atoms with Crippen LogP contribution in [0.5, 0.6) is 5.75 Å². The van der Waals surface area contributed by atoms with Gasteiger partial charge in [-0.2, -0.15) is 0 Å². The Morgan fingerprint density at radius 2 is 1.94 bits per heavy atom. The van der Waals surface area contributed by atoms with Gasteiger partial charge in [0.25, 0.3) is 11.1 Å². The Labute approximate surface area is 199 Å². The van der Waals surface area contributed by atoms with Crippen LogP contribution in [0.1, 0.15) is 35.3 Å². The molecule has 33 heavy (non-hydrogen) atoms. The maximum Gasteiger partial charge on any atom is 0.335 e. The number of nitrogens with zero attached hydrogens (tertiary/aromatic N) is 1. The second-order valence-corrected chi connectivity index (χ2v) is 8.69. The van der Waals surface area contributed by atoms with Gasteiger partial charge < -0.3 is 14.6 Å². The Bertz CT molecular complexity index is 1150. The molecule has 3 rings (SSSR count). The summed E-state index contributed by atoms with van der Waals surface area (Å²) in [5.74, 6) is -1.90. The van der Waals surface area contributed by atoms with Crippen LogP contribution in [0.3, 0.4) is 0 Å². The number of thioether (sulfide) groups is 1. The van der Waals surface area contributed by atoms with Crippen molar-refractivity contribution in [1.29, 1.82) is 0 Å². The van der Waals surface area contributed by atoms with E-state index in [1.807, 2.05) is 0 Å². The largest absolute Gasteiger partial charge is 0.487 e. The summed E-state index contributed by atoms with van der Waals surface area (Å²) in [7, 11) is 0. The summed E-state index contributed by atoms with van der Waals surface area (Å²) in [5, 5.41) is 8.80. The number of ether oxygens (including phenoxy) is 2. The van der Waals surface area contributed by atoms with Crippen LogP contribution in [-0.2, 0) is 20.9 Å². The molecule has 0 aromatic heterocycles. The topological polar surface area (TPSA) is 110 Å². The van der Waals surface area contributed by atoms with E-state index in [4.69, 9.17) is 26.2 Å². The van der Waals surface area contributed by atoms with Crippen LogP contribution >= 0.6 is 23.4 Å². The van der Waals surface area contributed by atoms with E-state index in [-0.39, 0.29) is 28.2 Å². The van der Waals surface area contributed by atoms with Gasteiger partial charge in [0.2, 0.25) is 0 Å². The third kappa shape index (κ3) is 6.36. The maximum absolute atomic E-state index is 12.5. The van der Waals surface area contributed by atoms with E-state index in [2.05, 4.69) is 0 Å². The summed E-state index contributed by atoms with van der Waals surface area (Å²) >= 11 is 7.02. The molecule has 2 aromatic carbocycles. The molecule has 1 heterocycles. The van der Waals surface area contributed by atoms with E-state index < -0.39 is 29.6 Å². The fourth-order valence-electron chi connectivity index (χ4n) is 2.90. The third-order valence-corrected chi connectivity index (χ3v) is 5.55. The van der Waals surface area contributed by atoms with Crippen LogP contribution in [0.15, 0.2) is 47.4 Å². The molecule has 1 saturated heterocycles. The standard InChI is InChI=1S/C23H20ClNO7S/c1-13(2)32-20(26)11-25-21(27)19(33-23(25)30)10-14-6-7-18(17(24)9-14)31-12-15-4-3-5-16(8-15)22(28)29/h3-10,13H,11-12H2,1-2H3,(H,28,29)/b19-10+. The number of carbonyl (C=O) groups excluding carboxylic acids is 3. The van der Waals surface area contributed by atoms with Gasteiger partial charge in [-0.15, -0.1) is 0 Å². The lowest BCUT2D eigenvalue weighted by atomic mass is 10.1. The van der Waals surface area contributed by atoms with E-state index >= 15 is 0 Å². The number of benzene rings is 2. The maximum atomic E-state index is 12.5. The van der Waals surface area contributed by atoms with Crippen molar-refractivity contribution in [2.45, 2.75) is 26.6 Å². The lowest BCUT2D eigenvalue weighted by molar-refractivity contribution is -0.149. The minimum absolute atomic E-state index is 0.117. The van der Waals surface area contributed by atoms with Crippen LogP contribution in [0.25, 0.3) is 6.08 Å². The van der Waals surface area contributed by atoms with Gasteiger partial charge in [0.05, 0.1) is 21.6 Å². The van der Waals surface area contributed by atoms with E-state index in [0.29, 0.717) is 16.9 Å². The predicted molar refractivity (Wildman–Crippen MR) is 123 cm³/mol. The number of carboxylic acid groups (broad SMARTS) is 1. The highest BCUT2D eigenvalue weighted by molar-refractivity contribution is 8.18. The number of esters is 1. The smallest absolute Gasteiger partial charge is 0.335 e. The highest BCUT2D eigenvalue weighted by atomic mass is 35.5. The Balaban J connectivity index is 1.67. The third-order valence-electron chi connectivity index (χ3n) is 4.35. The van der Waals surface area contributed by atoms with Crippen LogP contribution < -0.4 is 4.74 Å². The molecule has 0 atom stereocenters. The summed E-state index contributed by atoms with van der Waals surface area (Å²) in [6.07, 6.45) is 1.15. The van der Waals surface area contributed by atoms with Gasteiger partial charge >= 0.3 is 11.9 Å². The monoisotopic (exact) mass is 489 g/mol. The molecule has 0 aliphatic carbocycles. The molecule has 0 saturated carbocycles. The molecule has 0 radical (unpaired) electrons. The average Bonchev–Trinajstić information content (AvgIpc) is 3.00. The predicted octanol–water partition coefficient (Wildman–Crippen LogP) is 4.61. The first-order valence-electron chi connectivity index (χ1n) is 9.83. The molecule has 8 nitrogen and oxygen atoms in total. The van der Waals surface area contributed by atoms with Gasteiger partial charge in [-0.25, -0.2) is 4.79 Å². The van der Waals surface area contributed by atoms with Crippen molar-refractivity contribution in [1.82, 2.24) is 4.90 Å². The number of carbonyl (C=O) groups is 4. The summed E-state index contributed by atoms with van der Waals surface area (Å²) < 4.78 is 10.7. The quantitative estimate of drug-likeness (QED) is 0.423. The highest BCUT2D eigenvalue weighted by Gasteiger charge is 2.36. The number of amides is 2. The number of halogens is 1. The van der Waals surface area contributed by atoms with Crippen LogP contribution in [0, 0.1) is 0 Å². The molecular weight excluding hydrogens is 470 g/mol. The highest BCUT2D eigenvalue weighted by Crippen LogP contribution is 2.34. The number of imide groups is 1. The average molecular weight is 490 g/mol. The molecule has 1 aliphatic rings. The zero-order valence-electron chi connectivity index (χ0n) is 17.7. The van der Waals surface area contributed by atoms with Crippen molar-refractivity contribution in [3.63, 3.8) is 0 Å². The second-order valence-electron chi connectivity index (χ2n) is 7.29. The fourth-order valence-corrected chi connectivity index (χ4v) is 3.98. The lowest BCUT2D eigenvalue weighted by Gasteiger charge is -2.13. The summed E-state index contributed by atoms with van der Waals surface area (Å²) in [5.41, 5.74) is 1.39. The van der Waals surface area contributed by atoms with Crippen LogP contribution in [0.2, 0.25) is 5.02 Å². The Morgan fingerprint density at radius 3 is 2.61 bits per heavy atom. The lowest BCUT2D eigenvalue weighted by Crippen LogP contribution is -2.35. The van der Waals surface area contributed by atoms with Gasteiger partial charge in [-0.05, 0) is 67.1 Å². The number of rotatable bonds is 8. The summed E-state index contributed by atoms with van der Waals surface area (Å²) in [6, 6.07) is 11.2. The van der Waals surface area contributed by atoms with Gasteiger partial charge in [-0.3, -0.25) is 19.3 Å². The van der Waals surface area contributed by atoms with Crippen molar-refractivity contribution < 1.29 is 33.8 Å². The Morgan fingerprint density at radius 1 is 1.18 bits per heavy atom. The van der Waals surface area contributed by atoms with Crippen LogP contribution in [0.4, 0.5) is 4.79 Å². The second kappa shape index (κ2) is 10.5. The number of aromatic carboxylic acids is 1. The molecule has 0 unspecified atom stereocenters. The zero-order chi connectivity index (χ0) is 24.1. The summed E-state index contributed by atoms with van der Waals surface area (Å²) in [6.45, 7) is 3.02. The fraction of sp³-hybridized carbons (Fsp3) is 0.217. The molecule has 1 fully saturated rings. The molecule has 0 bridgehead atoms. The molecule has 2 amide bonds. The Kier molecular flexibility index (Phi) is 7.78. The van der Waals surface area contributed by atoms with Crippen molar-refractivity contribution in [3.8, 4) is 5.75 Å². The minimum atomic E-state index is -1.03. The van der Waals surface area contributed by atoms with Gasteiger partial charge in [0.1, 0.15) is 18.9 Å². The van der Waals surface area contributed by atoms with E-state index in [1.54, 1.807) is 44.2 Å². The van der Waals surface area contributed by atoms with Crippen molar-refractivity contribution in [2.75, 3.05) is 6.54 Å². The minimum Gasteiger partial charge on any atom is -0.487 e. The van der Waals surface area contributed by atoms with Crippen LogP contribution in [-0.4, -0.2) is 45.7 Å². The molecular formula is C23H20ClNO7S. The SMILES string of the molecule is CC(C)OC(=O)CN1C(=O)S/C(=C/c2ccc(OCc3cccc(C(=O)O)c3)c(Cl)c2)C1=O. The molecule has 0 spiro atoms. The van der Waals surface area contributed by atoms with Gasteiger partial charge in [-0.1, -0.05) is 29.8 Å². The first-order chi connectivity index (χ1) is 15.6. The number of hydrogen-bond donors (Lipinski definition) is 1. The first-order valence-corrected chi connectivity index (χ1v) is 11.0. The van der Waals surface area contributed by atoms with Gasteiger partial charge in [0, 0.05) is 0 Å². The van der Waals surface area contributed by atoms with Crippen molar-refractivity contribution >= 4 is 52.5 Å². The van der Waals surface area contributed by atoms with E-state index in [9.17, 15) is 19.2 Å². The molecule has 1 aliphatic heterocycles. The zero-order valence-corrected chi connectivity index (χ0v) is 19.3. The number of carboxylic acids is 1. The molecule has 10 heteroatoms. The van der Waals surface area contributed by atoms with Gasteiger partial charge in [0.15, 0.2) is 0 Å². The van der Waals surface area contributed by atoms with Crippen molar-refractivity contribution in [3.05, 3.63) is 69.1 Å². The summed E-state index contributed by atoms with van der Waals surface area (Å²) in [4.78, 5) is 48.6. The molecule has 172 valence electrons. The van der Waals surface area contributed by atoms with Crippen molar-refractivity contribution in [2.24, 2.45) is 0 Å². The molecule has 2 aromatic rings. The normalized spacial score (nSPS) is 14.8.